The van der Waals surface area contributed by atoms with Gasteiger partial charge in [0.15, 0.2) is 11.5 Å². The molecule has 3 N–H and O–H groups in total. The van der Waals surface area contributed by atoms with Gasteiger partial charge in [0.1, 0.15) is 5.82 Å². The Morgan fingerprint density at radius 2 is 1.75 bits per heavy atom. The van der Waals surface area contributed by atoms with Crippen molar-refractivity contribution in [3.8, 4) is 11.5 Å². The van der Waals surface area contributed by atoms with E-state index in [0.29, 0.717) is 17.1 Å². The number of carbonyl (C=O) groups is 1. The molecule has 0 radical (unpaired) electrons. The Labute approximate surface area is 124 Å². The van der Waals surface area contributed by atoms with Crippen LogP contribution in [0.2, 0.25) is 0 Å². The number of halogens is 2. The number of rotatable bonds is 5. The van der Waals surface area contributed by atoms with Crippen molar-refractivity contribution in [2.24, 2.45) is 5.73 Å². The number of amides is 1. The Bertz CT molecular complexity index is 469. The summed E-state index contributed by atoms with van der Waals surface area (Å²) in [5.74, 6) is -0.118. The van der Waals surface area contributed by atoms with E-state index in [-0.39, 0.29) is 18.3 Å². The monoisotopic (exact) mass is 306 g/mol. The van der Waals surface area contributed by atoms with Gasteiger partial charge in [0.2, 0.25) is 5.91 Å². The largest absolute Gasteiger partial charge is 0.493 e. The van der Waals surface area contributed by atoms with Crippen molar-refractivity contribution < 1.29 is 18.7 Å². The fourth-order valence-corrected chi connectivity index (χ4v) is 1.62. The highest BCUT2D eigenvalue weighted by Gasteiger charge is 2.18. The van der Waals surface area contributed by atoms with Gasteiger partial charge in [-0.1, -0.05) is 0 Å². The summed E-state index contributed by atoms with van der Waals surface area (Å²) in [5, 5.41) is 2.62. The lowest BCUT2D eigenvalue weighted by Gasteiger charge is -2.18. The summed E-state index contributed by atoms with van der Waals surface area (Å²) in [6, 6.07) is 1.56. The van der Waals surface area contributed by atoms with Gasteiger partial charge in [-0.3, -0.25) is 4.79 Å². The van der Waals surface area contributed by atoms with Crippen LogP contribution < -0.4 is 20.5 Å². The predicted molar refractivity (Wildman–Crippen MR) is 77.0 cm³/mol. The molecule has 0 spiro atoms. The molecular formula is C13H20ClFN2O3. The number of hydrogen-bond acceptors (Lipinski definition) is 4. The van der Waals surface area contributed by atoms with Crippen LogP contribution in [-0.2, 0) is 4.79 Å². The van der Waals surface area contributed by atoms with Crippen LogP contribution in [0.1, 0.15) is 25.5 Å². The molecule has 1 aromatic carbocycles. The Hall–Kier alpha value is -1.53. The predicted octanol–water partition coefficient (Wildman–Crippen LogP) is 1.79. The van der Waals surface area contributed by atoms with Crippen LogP contribution in [0.3, 0.4) is 0 Å². The average Bonchev–Trinajstić information content (AvgIpc) is 2.37. The van der Waals surface area contributed by atoms with E-state index in [4.69, 9.17) is 15.2 Å². The van der Waals surface area contributed by atoms with Gasteiger partial charge < -0.3 is 20.5 Å². The van der Waals surface area contributed by atoms with E-state index in [1.165, 1.54) is 26.4 Å². The highest BCUT2D eigenvalue weighted by atomic mass is 35.5. The number of methoxy groups -OCH3 is 2. The summed E-state index contributed by atoms with van der Waals surface area (Å²) in [5.41, 5.74) is 5.76. The van der Waals surface area contributed by atoms with Crippen molar-refractivity contribution >= 4 is 18.3 Å². The maximum Gasteiger partial charge on any atom is 0.237 e. The Morgan fingerprint density at radius 3 is 2.20 bits per heavy atom. The standard InChI is InChI=1S/C13H19FN2O3.ClH/c1-7(15)13(17)16-8(2)9-5-11(18-3)12(19-4)6-10(9)14;/h5-8H,15H2,1-4H3,(H,16,17);1H/t7-,8?;/m1./s1. The minimum atomic E-state index is -0.648. The van der Waals surface area contributed by atoms with Crippen LogP contribution in [-0.4, -0.2) is 26.2 Å². The maximum absolute atomic E-state index is 13.9. The van der Waals surface area contributed by atoms with E-state index in [2.05, 4.69) is 5.32 Å². The van der Waals surface area contributed by atoms with Gasteiger partial charge in [-0.2, -0.15) is 0 Å². The van der Waals surface area contributed by atoms with Gasteiger partial charge >= 0.3 is 0 Å². The average molecular weight is 307 g/mol. The molecule has 5 nitrogen and oxygen atoms in total. The molecule has 2 atom stereocenters. The van der Waals surface area contributed by atoms with Gasteiger partial charge in [0.05, 0.1) is 26.3 Å². The fraction of sp³-hybridized carbons (Fsp3) is 0.462. The number of nitrogens with one attached hydrogen (secondary N) is 1. The molecule has 1 unspecified atom stereocenters. The molecule has 0 bridgehead atoms. The van der Waals surface area contributed by atoms with Crippen LogP contribution in [0.15, 0.2) is 12.1 Å². The van der Waals surface area contributed by atoms with Crippen LogP contribution >= 0.6 is 12.4 Å². The smallest absolute Gasteiger partial charge is 0.237 e. The molecule has 1 aromatic rings. The van der Waals surface area contributed by atoms with Gasteiger partial charge in [0, 0.05) is 11.6 Å². The summed E-state index contributed by atoms with van der Waals surface area (Å²) in [7, 11) is 2.89. The summed E-state index contributed by atoms with van der Waals surface area (Å²) >= 11 is 0. The van der Waals surface area contributed by atoms with E-state index >= 15 is 0 Å². The van der Waals surface area contributed by atoms with Gasteiger partial charge in [-0.25, -0.2) is 4.39 Å². The van der Waals surface area contributed by atoms with Crippen LogP contribution in [0.4, 0.5) is 4.39 Å². The molecule has 1 rings (SSSR count). The second kappa shape index (κ2) is 7.91. The molecule has 0 aromatic heterocycles. The topological polar surface area (TPSA) is 73.6 Å². The van der Waals surface area contributed by atoms with Crippen LogP contribution in [0.5, 0.6) is 11.5 Å². The third kappa shape index (κ3) is 4.25. The van der Waals surface area contributed by atoms with Crippen LogP contribution in [0, 0.1) is 5.82 Å². The Morgan fingerprint density at radius 1 is 1.25 bits per heavy atom. The molecule has 7 heteroatoms. The van der Waals surface area contributed by atoms with Crippen molar-refractivity contribution in [2.75, 3.05) is 14.2 Å². The molecule has 0 aliphatic heterocycles. The summed E-state index contributed by atoms with van der Waals surface area (Å²) in [6.07, 6.45) is 0. The highest BCUT2D eigenvalue weighted by Crippen LogP contribution is 2.32. The zero-order valence-electron chi connectivity index (χ0n) is 11.9. The van der Waals surface area contributed by atoms with Gasteiger partial charge in [-0.05, 0) is 19.9 Å². The number of ether oxygens (including phenoxy) is 2. The second-order valence-electron chi connectivity index (χ2n) is 4.25. The second-order valence-corrected chi connectivity index (χ2v) is 4.25. The van der Waals surface area contributed by atoms with Gasteiger partial charge in [0.25, 0.3) is 0 Å². The van der Waals surface area contributed by atoms with E-state index in [0.717, 1.165) is 0 Å². The molecule has 0 saturated carbocycles. The molecule has 1 amide bonds. The van der Waals surface area contributed by atoms with Crippen molar-refractivity contribution in [1.82, 2.24) is 5.32 Å². The molecule has 0 saturated heterocycles. The number of carbonyl (C=O) groups excluding carboxylic acids is 1. The van der Waals surface area contributed by atoms with Crippen molar-refractivity contribution in [3.63, 3.8) is 0 Å². The minimum absolute atomic E-state index is 0. The van der Waals surface area contributed by atoms with Gasteiger partial charge in [-0.15, -0.1) is 12.4 Å². The summed E-state index contributed by atoms with van der Waals surface area (Å²) < 4.78 is 24.0. The van der Waals surface area contributed by atoms with E-state index < -0.39 is 17.9 Å². The normalized spacial score (nSPS) is 12.9. The zero-order valence-corrected chi connectivity index (χ0v) is 12.7. The first-order valence-electron chi connectivity index (χ1n) is 5.88. The lowest BCUT2D eigenvalue weighted by molar-refractivity contribution is -0.122. The lowest BCUT2D eigenvalue weighted by Crippen LogP contribution is -2.39. The van der Waals surface area contributed by atoms with Crippen LogP contribution in [0.25, 0.3) is 0 Å². The Kier molecular flexibility index (Phi) is 7.31. The quantitative estimate of drug-likeness (QED) is 0.870. The lowest BCUT2D eigenvalue weighted by atomic mass is 10.1. The van der Waals surface area contributed by atoms with Crippen molar-refractivity contribution in [2.45, 2.75) is 25.9 Å². The molecule has 0 heterocycles. The molecule has 20 heavy (non-hydrogen) atoms. The Balaban J connectivity index is 0.00000361. The van der Waals surface area contributed by atoms with Crippen molar-refractivity contribution in [3.05, 3.63) is 23.5 Å². The van der Waals surface area contributed by atoms with E-state index in [9.17, 15) is 9.18 Å². The molecule has 0 fully saturated rings. The third-order valence-electron chi connectivity index (χ3n) is 2.74. The molecule has 0 aliphatic carbocycles. The van der Waals surface area contributed by atoms with Crippen molar-refractivity contribution in [1.29, 1.82) is 0 Å². The van der Waals surface area contributed by atoms with E-state index in [1.54, 1.807) is 13.8 Å². The minimum Gasteiger partial charge on any atom is -0.493 e. The first kappa shape index (κ1) is 18.5. The first-order valence-corrected chi connectivity index (χ1v) is 5.88. The fourth-order valence-electron chi connectivity index (χ4n) is 1.62. The number of hydrogen-bond donors (Lipinski definition) is 2. The van der Waals surface area contributed by atoms with E-state index in [1.807, 2.05) is 0 Å². The number of benzene rings is 1. The zero-order chi connectivity index (χ0) is 14.6. The number of nitrogens with two attached hydrogens (primary N) is 1. The third-order valence-corrected chi connectivity index (χ3v) is 2.74. The summed E-state index contributed by atoms with van der Waals surface area (Å²) in [4.78, 5) is 11.5. The maximum atomic E-state index is 13.9. The first-order chi connectivity index (χ1) is 8.90. The molecule has 0 aliphatic rings. The molecule has 114 valence electrons. The summed E-state index contributed by atoms with van der Waals surface area (Å²) in [6.45, 7) is 3.23. The highest BCUT2D eigenvalue weighted by molar-refractivity contribution is 5.85. The molecular weight excluding hydrogens is 287 g/mol. The SMILES string of the molecule is COc1cc(F)c(C(C)NC(=O)[C@@H](C)N)cc1OC.Cl.